The van der Waals surface area contributed by atoms with Crippen molar-refractivity contribution in [2.24, 2.45) is 16.1 Å². The molecular formula is C27H34Cl2N6O2. The Morgan fingerprint density at radius 3 is 2.16 bits per heavy atom. The van der Waals surface area contributed by atoms with Gasteiger partial charge in [-0.1, -0.05) is 62.2 Å². The summed E-state index contributed by atoms with van der Waals surface area (Å²) in [5.41, 5.74) is 8.61. The number of urea groups is 1. The van der Waals surface area contributed by atoms with Crippen LogP contribution in [0.15, 0.2) is 59.2 Å². The molecule has 0 saturated carbocycles. The van der Waals surface area contributed by atoms with Crippen LogP contribution in [0.5, 0.6) is 0 Å². The number of nitrogens with one attached hydrogen (secondary N) is 2. The Bertz CT molecular complexity index is 1160. The van der Waals surface area contributed by atoms with Gasteiger partial charge in [0.2, 0.25) is 0 Å². The minimum Gasteiger partial charge on any atom is -0.401 e. The van der Waals surface area contributed by atoms with Gasteiger partial charge in [-0.15, -0.1) is 0 Å². The number of hydrogen-bond donors (Lipinski definition) is 3. The van der Waals surface area contributed by atoms with Crippen molar-refractivity contribution in [3.63, 3.8) is 0 Å². The van der Waals surface area contributed by atoms with Crippen LogP contribution in [-0.2, 0) is 6.54 Å². The zero-order valence-electron chi connectivity index (χ0n) is 21.6. The monoisotopic (exact) mass is 544 g/mol. The number of anilines is 1. The summed E-state index contributed by atoms with van der Waals surface area (Å²) in [4.78, 5) is 33.5. The highest BCUT2D eigenvalue weighted by atomic mass is 35.5. The third kappa shape index (κ3) is 7.95. The normalized spacial score (nSPS) is 15.5. The Kier molecular flexibility index (Phi) is 9.59. The first kappa shape index (κ1) is 28.5. The number of piperazine rings is 1. The van der Waals surface area contributed by atoms with Crippen molar-refractivity contribution in [1.82, 2.24) is 15.1 Å². The first-order valence-corrected chi connectivity index (χ1v) is 12.8. The van der Waals surface area contributed by atoms with Crippen LogP contribution >= 0.6 is 23.2 Å². The van der Waals surface area contributed by atoms with Gasteiger partial charge in [0.05, 0.1) is 15.6 Å². The van der Waals surface area contributed by atoms with Gasteiger partial charge < -0.3 is 16.0 Å². The van der Waals surface area contributed by atoms with E-state index in [1.165, 1.54) is 0 Å². The van der Waals surface area contributed by atoms with Crippen LogP contribution in [0.3, 0.4) is 0 Å². The molecule has 1 aliphatic rings. The van der Waals surface area contributed by atoms with E-state index >= 15 is 0 Å². The fourth-order valence-corrected chi connectivity index (χ4v) is 4.28. The maximum atomic E-state index is 12.9. The van der Waals surface area contributed by atoms with Gasteiger partial charge in [-0.3, -0.25) is 20.0 Å². The molecule has 0 aliphatic carbocycles. The number of carbonyl (C=O) groups excluding carboxylic acids is 2. The quantitative estimate of drug-likeness (QED) is 0.364. The van der Waals surface area contributed by atoms with Crippen LogP contribution in [0.4, 0.5) is 10.5 Å². The van der Waals surface area contributed by atoms with Crippen molar-refractivity contribution in [1.29, 1.82) is 0 Å². The molecule has 0 radical (unpaired) electrons. The van der Waals surface area contributed by atoms with E-state index in [4.69, 9.17) is 28.9 Å². The first-order valence-electron chi connectivity index (χ1n) is 12.0. The topological polar surface area (TPSA) is 103 Å². The number of amidine groups is 1. The van der Waals surface area contributed by atoms with Gasteiger partial charge in [-0.05, 0) is 35.9 Å². The molecule has 37 heavy (non-hydrogen) atoms. The van der Waals surface area contributed by atoms with Crippen molar-refractivity contribution < 1.29 is 9.59 Å². The lowest BCUT2D eigenvalue weighted by Crippen LogP contribution is -2.48. The maximum Gasteiger partial charge on any atom is 0.324 e. The SMILES string of the molecule is CN=C(C=C(N)C(C)(C)C)NC(=O)Nc1ccc(CN2CCN(C(=O)c3c(Cl)cccc3Cl)CC2)cc1. The Hall–Kier alpha value is -3.07. The third-order valence-electron chi connectivity index (χ3n) is 6.09. The number of benzene rings is 2. The number of amides is 3. The Labute approximate surface area is 228 Å². The smallest absolute Gasteiger partial charge is 0.324 e. The van der Waals surface area contributed by atoms with Crippen LogP contribution in [0, 0.1) is 5.41 Å². The van der Waals surface area contributed by atoms with Gasteiger partial charge in [0.15, 0.2) is 0 Å². The van der Waals surface area contributed by atoms with Crippen molar-refractivity contribution in [3.8, 4) is 0 Å². The number of hydrogen-bond acceptors (Lipinski definition) is 5. The molecule has 0 bridgehead atoms. The van der Waals surface area contributed by atoms with Crippen molar-refractivity contribution in [2.75, 3.05) is 38.5 Å². The molecular weight excluding hydrogens is 511 g/mol. The average molecular weight is 546 g/mol. The van der Waals surface area contributed by atoms with Gasteiger partial charge in [-0.2, -0.15) is 0 Å². The van der Waals surface area contributed by atoms with Crippen molar-refractivity contribution in [2.45, 2.75) is 27.3 Å². The summed E-state index contributed by atoms with van der Waals surface area (Å²) in [6.07, 6.45) is 1.67. The molecule has 198 valence electrons. The lowest BCUT2D eigenvalue weighted by Gasteiger charge is -2.35. The minimum atomic E-state index is -0.397. The van der Waals surface area contributed by atoms with Crippen LogP contribution in [-0.4, -0.2) is 60.8 Å². The van der Waals surface area contributed by atoms with Crippen LogP contribution in [0.25, 0.3) is 0 Å². The highest BCUT2D eigenvalue weighted by Crippen LogP contribution is 2.26. The summed E-state index contributed by atoms with van der Waals surface area (Å²) in [6.45, 7) is 9.37. The zero-order chi connectivity index (χ0) is 27.2. The van der Waals surface area contributed by atoms with Gasteiger partial charge in [0.1, 0.15) is 5.84 Å². The number of nitrogens with two attached hydrogens (primary N) is 1. The van der Waals surface area contributed by atoms with Crippen LogP contribution in [0.2, 0.25) is 10.0 Å². The van der Waals surface area contributed by atoms with Gasteiger partial charge in [0.25, 0.3) is 5.91 Å². The summed E-state index contributed by atoms with van der Waals surface area (Å²) in [5.74, 6) is 0.243. The average Bonchev–Trinajstić information content (AvgIpc) is 2.84. The predicted molar refractivity (Wildman–Crippen MR) is 151 cm³/mol. The standard InChI is InChI=1S/C27H34Cl2N6O2/c1-27(2,3)22(30)16-23(31-4)33-26(37)32-19-10-8-18(9-11-19)17-34-12-14-35(15-13-34)25(36)24-20(28)6-5-7-21(24)29/h5-11,16H,12-15,17,30H2,1-4H3,(H2,31,32,33,37). The number of carbonyl (C=O) groups is 2. The van der Waals surface area contributed by atoms with Crippen LogP contribution < -0.4 is 16.4 Å². The second-order valence-corrected chi connectivity index (χ2v) is 10.7. The predicted octanol–water partition coefficient (Wildman–Crippen LogP) is 4.99. The number of halogens is 2. The summed E-state index contributed by atoms with van der Waals surface area (Å²) >= 11 is 12.4. The summed E-state index contributed by atoms with van der Waals surface area (Å²) in [7, 11) is 1.60. The number of rotatable bonds is 5. The summed E-state index contributed by atoms with van der Waals surface area (Å²) < 4.78 is 0. The van der Waals surface area contributed by atoms with Crippen molar-refractivity contribution >= 4 is 46.7 Å². The molecule has 1 heterocycles. The lowest BCUT2D eigenvalue weighted by atomic mass is 9.92. The maximum absolute atomic E-state index is 12.9. The summed E-state index contributed by atoms with van der Waals surface area (Å²) in [6, 6.07) is 12.3. The summed E-state index contributed by atoms with van der Waals surface area (Å²) in [5, 5.41) is 6.26. The molecule has 1 saturated heterocycles. The van der Waals surface area contributed by atoms with E-state index < -0.39 is 6.03 Å². The number of allylic oxidation sites excluding steroid dienone is 1. The van der Waals surface area contributed by atoms with Gasteiger partial charge in [-0.25, -0.2) is 4.79 Å². The molecule has 10 heteroatoms. The first-order chi connectivity index (χ1) is 17.5. The van der Waals surface area contributed by atoms with E-state index in [-0.39, 0.29) is 11.3 Å². The van der Waals surface area contributed by atoms with Crippen LogP contribution in [0.1, 0.15) is 36.7 Å². The molecule has 0 aromatic heterocycles. The zero-order valence-corrected chi connectivity index (χ0v) is 23.2. The largest absolute Gasteiger partial charge is 0.401 e. The van der Waals surface area contributed by atoms with Gasteiger partial charge >= 0.3 is 6.03 Å². The van der Waals surface area contributed by atoms with E-state index in [0.29, 0.717) is 45.9 Å². The molecule has 0 atom stereocenters. The van der Waals surface area contributed by atoms with E-state index in [0.717, 1.165) is 25.2 Å². The number of aliphatic imine (C=N–C) groups is 1. The lowest BCUT2D eigenvalue weighted by molar-refractivity contribution is 0.0629. The molecule has 8 nitrogen and oxygen atoms in total. The molecule has 0 unspecified atom stereocenters. The Morgan fingerprint density at radius 1 is 1.03 bits per heavy atom. The fraction of sp³-hybridized carbons (Fsp3) is 0.370. The minimum absolute atomic E-state index is 0.142. The molecule has 3 rings (SSSR count). The molecule has 2 aromatic rings. The van der Waals surface area contributed by atoms with E-state index in [9.17, 15) is 9.59 Å². The molecule has 1 fully saturated rings. The van der Waals surface area contributed by atoms with E-state index in [1.54, 1.807) is 36.2 Å². The molecule has 3 amide bonds. The molecule has 4 N–H and O–H groups in total. The third-order valence-corrected chi connectivity index (χ3v) is 6.72. The van der Waals surface area contributed by atoms with Gasteiger partial charge in [0, 0.05) is 56.6 Å². The second kappa shape index (κ2) is 12.4. The Balaban J connectivity index is 1.50. The Morgan fingerprint density at radius 2 is 1.62 bits per heavy atom. The second-order valence-electron chi connectivity index (χ2n) is 9.90. The molecule has 2 aromatic carbocycles. The molecule has 1 aliphatic heterocycles. The van der Waals surface area contributed by atoms with Crippen molar-refractivity contribution in [3.05, 3.63) is 75.4 Å². The fourth-order valence-electron chi connectivity index (χ4n) is 3.72. The van der Waals surface area contributed by atoms with E-state index in [1.807, 2.05) is 45.0 Å². The highest BCUT2D eigenvalue weighted by Gasteiger charge is 2.25. The number of nitrogens with zero attached hydrogens (tertiary/aromatic N) is 3. The van der Waals surface area contributed by atoms with E-state index in [2.05, 4.69) is 20.5 Å². The molecule has 0 spiro atoms. The highest BCUT2D eigenvalue weighted by molar-refractivity contribution is 6.39.